The van der Waals surface area contributed by atoms with E-state index in [0.29, 0.717) is 0 Å². The molecule has 0 spiro atoms. The molecule has 0 aliphatic rings. The Morgan fingerprint density at radius 2 is 1.00 bits per heavy atom. The number of nitriles is 4. The minimum Gasteiger partial charge on any atom is -0.192 e. The minimum absolute atomic E-state index is 0.0351. The Morgan fingerprint density at radius 1 is 0.594 bits per heavy atom. The van der Waals surface area contributed by atoms with Crippen LogP contribution in [0.4, 0.5) is 0 Å². The minimum atomic E-state index is 0.0351. The molecule has 0 fully saturated rings. The van der Waals surface area contributed by atoms with Crippen molar-refractivity contribution in [1.82, 2.24) is 0 Å². The monoisotopic (exact) mass is 444 g/mol. The van der Waals surface area contributed by atoms with Gasteiger partial charge in [-0.15, -0.1) is 22.7 Å². The first-order valence-electron chi connectivity index (χ1n) is 9.41. The van der Waals surface area contributed by atoms with Crippen molar-refractivity contribution >= 4 is 45.6 Å². The van der Waals surface area contributed by atoms with E-state index in [0.717, 1.165) is 42.8 Å². The van der Waals surface area contributed by atoms with Crippen molar-refractivity contribution in [3.8, 4) is 45.2 Å². The molecule has 0 amide bonds. The summed E-state index contributed by atoms with van der Waals surface area (Å²) in [5.74, 6) is 0. The number of allylic oxidation sites excluding steroid dienone is 2. The van der Waals surface area contributed by atoms with Crippen molar-refractivity contribution in [2.45, 2.75) is 0 Å². The average Bonchev–Trinajstić information content (AvgIpc) is 3.55. The van der Waals surface area contributed by atoms with Crippen LogP contribution in [0.5, 0.6) is 0 Å². The number of nitrogens with zero attached hydrogens (tertiary/aromatic N) is 4. The van der Waals surface area contributed by atoms with E-state index in [4.69, 9.17) is 0 Å². The molecule has 0 N–H and O–H groups in total. The Bertz CT molecular complexity index is 1390. The van der Waals surface area contributed by atoms with Crippen LogP contribution >= 0.6 is 22.7 Å². The summed E-state index contributed by atoms with van der Waals surface area (Å²) in [4.78, 5) is 2.04. The van der Waals surface area contributed by atoms with E-state index < -0.39 is 0 Å². The van der Waals surface area contributed by atoms with Gasteiger partial charge in [-0.05, 0) is 56.9 Å². The average molecular weight is 445 g/mol. The maximum atomic E-state index is 9.26. The highest BCUT2D eigenvalue weighted by Gasteiger charge is 2.16. The maximum Gasteiger partial charge on any atom is 0.130 e. The van der Waals surface area contributed by atoms with Gasteiger partial charge in [0.1, 0.15) is 35.4 Å². The second-order valence-corrected chi connectivity index (χ2v) is 8.57. The molecule has 4 rings (SSSR count). The fraction of sp³-hybridized carbons (Fsp3) is 0. The van der Waals surface area contributed by atoms with Gasteiger partial charge >= 0.3 is 0 Å². The summed E-state index contributed by atoms with van der Waals surface area (Å²) < 4.78 is 0. The van der Waals surface area contributed by atoms with Gasteiger partial charge < -0.3 is 0 Å². The van der Waals surface area contributed by atoms with Crippen molar-refractivity contribution < 1.29 is 0 Å². The lowest BCUT2D eigenvalue weighted by molar-refractivity contribution is 1.47. The Balaban J connectivity index is 2.13. The van der Waals surface area contributed by atoms with Crippen LogP contribution in [0.1, 0.15) is 11.1 Å². The highest BCUT2D eigenvalue weighted by Crippen LogP contribution is 2.42. The van der Waals surface area contributed by atoms with Crippen LogP contribution < -0.4 is 0 Å². The Hall–Kier alpha value is -4.46. The van der Waals surface area contributed by atoms with E-state index in [9.17, 15) is 21.0 Å². The van der Waals surface area contributed by atoms with E-state index >= 15 is 0 Å². The molecular formula is C26H12N4S2. The Labute approximate surface area is 193 Å². The first-order chi connectivity index (χ1) is 15.7. The lowest BCUT2D eigenvalue weighted by Crippen LogP contribution is -1.91. The fourth-order valence-corrected chi connectivity index (χ4v) is 5.17. The van der Waals surface area contributed by atoms with Crippen LogP contribution in [0.2, 0.25) is 0 Å². The zero-order chi connectivity index (χ0) is 22.5. The van der Waals surface area contributed by atoms with Gasteiger partial charge in [-0.3, -0.25) is 0 Å². The van der Waals surface area contributed by atoms with E-state index in [1.54, 1.807) is 34.8 Å². The van der Waals surface area contributed by atoms with E-state index in [-0.39, 0.29) is 11.1 Å². The molecule has 0 aliphatic carbocycles. The van der Waals surface area contributed by atoms with Crippen molar-refractivity contribution in [2.75, 3.05) is 0 Å². The topological polar surface area (TPSA) is 95.2 Å². The normalized spacial score (nSPS) is 9.75. The molecule has 2 aromatic heterocycles. The molecule has 4 nitrogen and oxygen atoms in total. The first kappa shape index (κ1) is 20.8. The quantitative estimate of drug-likeness (QED) is 0.312. The van der Waals surface area contributed by atoms with Gasteiger partial charge in [0, 0.05) is 20.9 Å². The Kier molecular flexibility index (Phi) is 5.94. The summed E-state index contributed by atoms with van der Waals surface area (Å²) in [6, 6.07) is 23.4. The van der Waals surface area contributed by atoms with Gasteiger partial charge in [0.25, 0.3) is 0 Å². The fourth-order valence-electron chi connectivity index (χ4n) is 3.56. The van der Waals surface area contributed by atoms with Crippen LogP contribution in [0.15, 0.2) is 70.4 Å². The summed E-state index contributed by atoms with van der Waals surface area (Å²) in [6.45, 7) is 0. The maximum absolute atomic E-state index is 9.26. The van der Waals surface area contributed by atoms with E-state index in [1.807, 2.05) is 83.6 Å². The highest BCUT2D eigenvalue weighted by molar-refractivity contribution is 7.14. The lowest BCUT2D eigenvalue weighted by atomic mass is 9.90. The third-order valence-corrected chi connectivity index (χ3v) is 6.66. The highest BCUT2D eigenvalue weighted by atomic mass is 32.1. The van der Waals surface area contributed by atoms with Gasteiger partial charge in [-0.25, -0.2) is 0 Å². The SMILES string of the molecule is N#CC(C#N)=Cc1ccc2c(-c3cccs3)c(C=C(C#N)C#N)ccc2c1-c1cccs1. The largest absolute Gasteiger partial charge is 0.192 e. The smallest absolute Gasteiger partial charge is 0.130 e. The number of benzene rings is 2. The Morgan fingerprint density at radius 3 is 1.31 bits per heavy atom. The van der Waals surface area contributed by atoms with E-state index in [2.05, 4.69) is 0 Å². The molecule has 32 heavy (non-hydrogen) atoms. The second-order valence-electron chi connectivity index (χ2n) is 6.67. The molecule has 0 radical (unpaired) electrons. The van der Waals surface area contributed by atoms with Gasteiger partial charge in [0.2, 0.25) is 0 Å². The molecule has 0 saturated carbocycles. The van der Waals surface area contributed by atoms with Gasteiger partial charge in [0.05, 0.1) is 0 Å². The molecule has 0 aliphatic heterocycles. The van der Waals surface area contributed by atoms with Crippen LogP contribution in [0.3, 0.4) is 0 Å². The molecule has 2 aromatic carbocycles. The van der Waals surface area contributed by atoms with Crippen LogP contribution in [0.25, 0.3) is 43.8 Å². The third-order valence-electron chi connectivity index (χ3n) is 4.88. The summed E-state index contributed by atoms with van der Waals surface area (Å²) >= 11 is 3.16. The predicted molar refractivity (Wildman–Crippen MR) is 129 cm³/mol. The molecule has 148 valence electrons. The van der Waals surface area contributed by atoms with Crippen LogP contribution in [0, 0.1) is 45.3 Å². The molecule has 0 bridgehead atoms. The summed E-state index contributed by atoms with van der Waals surface area (Å²) in [5.41, 5.74) is 3.52. The lowest BCUT2D eigenvalue weighted by Gasteiger charge is -2.15. The zero-order valence-electron chi connectivity index (χ0n) is 16.5. The molecule has 0 saturated heterocycles. The first-order valence-corrected chi connectivity index (χ1v) is 11.2. The zero-order valence-corrected chi connectivity index (χ0v) is 18.2. The number of fused-ring (bicyclic) bond motifs is 1. The number of hydrogen-bond donors (Lipinski definition) is 0. The summed E-state index contributed by atoms with van der Waals surface area (Å²) in [7, 11) is 0. The number of rotatable bonds is 4. The van der Waals surface area contributed by atoms with Gasteiger partial charge in [0.15, 0.2) is 0 Å². The molecular weight excluding hydrogens is 432 g/mol. The molecule has 0 atom stereocenters. The molecule has 6 heteroatoms. The second kappa shape index (κ2) is 9.13. The molecule has 4 aromatic rings. The van der Waals surface area contributed by atoms with E-state index in [1.165, 1.54) is 0 Å². The molecule has 0 unspecified atom stereocenters. The van der Waals surface area contributed by atoms with Crippen molar-refractivity contribution in [1.29, 1.82) is 21.0 Å². The molecule has 2 heterocycles. The summed E-state index contributed by atoms with van der Waals surface area (Å²) in [6.07, 6.45) is 3.22. The van der Waals surface area contributed by atoms with Crippen molar-refractivity contribution in [2.24, 2.45) is 0 Å². The van der Waals surface area contributed by atoms with Crippen LogP contribution in [-0.2, 0) is 0 Å². The van der Waals surface area contributed by atoms with Gasteiger partial charge in [-0.1, -0.05) is 36.4 Å². The summed E-state index contributed by atoms with van der Waals surface area (Å²) in [5, 5.41) is 43.0. The third kappa shape index (κ3) is 3.81. The van der Waals surface area contributed by atoms with Crippen molar-refractivity contribution in [3.05, 3.63) is 81.6 Å². The van der Waals surface area contributed by atoms with Gasteiger partial charge in [-0.2, -0.15) is 21.0 Å². The number of hydrogen-bond acceptors (Lipinski definition) is 6. The van der Waals surface area contributed by atoms with Crippen molar-refractivity contribution in [3.63, 3.8) is 0 Å². The van der Waals surface area contributed by atoms with Crippen LogP contribution in [-0.4, -0.2) is 0 Å². The standard InChI is InChI=1S/C26H12N4S2/c27-13-17(14-28)11-19-5-8-22-21(25(19)23-3-1-9-31-23)7-6-20(12-18(15-29)16-30)26(22)24-4-2-10-32-24/h1-12H. The number of thiophene rings is 2. The predicted octanol–water partition coefficient (Wildman–Crippen LogP) is 7.16.